The number of amides is 1. The van der Waals surface area contributed by atoms with Crippen molar-refractivity contribution in [2.45, 2.75) is 31.7 Å². The molecule has 1 aromatic carbocycles. The average molecular weight is 291 g/mol. The molecule has 0 radical (unpaired) electrons. The first kappa shape index (κ1) is 15.6. The highest BCUT2D eigenvalue weighted by Gasteiger charge is 2.37. The quantitative estimate of drug-likeness (QED) is 0.868. The molecule has 116 valence electrons. The van der Waals surface area contributed by atoms with Crippen molar-refractivity contribution in [2.24, 2.45) is 5.73 Å². The van der Waals surface area contributed by atoms with Crippen LogP contribution in [0.2, 0.25) is 0 Å². The molecule has 0 aliphatic carbocycles. The lowest BCUT2D eigenvalue weighted by molar-refractivity contribution is -0.122. The summed E-state index contributed by atoms with van der Waals surface area (Å²) in [4.78, 5) is 14.4. The van der Waals surface area contributed by atoms with Crippen molar-refractivity contribution in [1.82, 2.24) is 4.90 Å². The summed E-state index contributed by atoms with van der Waals surface area (Å²) in [6.07, 6.45) is 2.48. The number of nitrogens with zero attached hydrogens (tertiary/aromatic N) is 1. The van der Waals surface area contributed by atoms with Gasteiger partial charge in [-0.15, -0.1) is 0 Å². The third-order valence-electron chi connectivity index (χ3n) is 4.33. The van der Waals surface area contributed by atoms with E-state index in [0.717, 1.165) is 50.3 Å². The Morgan fingerprint density at radius 3 is 2.62 bits per heavy atom. The molecule has 1 aliphatic rings. The highest BCUT2D eigenvalue weighted by molar-refractivity contribution is 5.88. The Balaban J connectivity index is 2.15. The second-order valence-electron chi connectivity index (χ2n) is 5.59. The van der Waals surface area contributed by atoms with Crippen molar-refractivity contribution < 1.29 is 9.53 Å². The molecule has 1 fully saturated rings. The number of anilines is 1. The summed E-state index contributed by atoms with van der Waals surface area (Å²) < 4.78 is 5.15. The molecule has 0 saturated carbocycles. The molecule has 5 heteroatoms. The molecule has 1 unspecified atom stereocenters. The second-order valence-corrected chi connectivity index (χ2v) is 5.59. The summed E-state index contributed by atoms with van der Waals surface area (Å²) in [5.41, 5.74) is 5.97. The number of nitrogens with one attached hydrogen (secondary N) is 1. The summed E-state index contributed by atoms with van der Waals surface area (Å²) in [5, 5.41) is 3.37. The number of hydrogen-bond acceptors (Lipinski definition) is 4. The molecule has 2 rings (SSSR count). The number of nitrogens with two attached hydrogens (primary N) is 1. The first-order valence-electron chi connectivity index (χ1n) is 7.54. The number of primary amides is 1. The Morgan fingerprint density at radius 2 is 2.05 bits per heavy atom. The standard InChI is InChI=1S/C16H25N3O2/c1-3-19-11-4-9-16(10-12-19,15(17)20)18-13-5-7-14(21-2)8-6-13/h5-8,18H,3-4,9-12H2,1-2H3,(H2,17,20). The molecule has 0 aromatic heterocycles. The van der Waals surface area contributed by atoms with Crippen LogP contribution in [0.1, 0.15) is 26.2 Å². The third-order valence-corrected chi connectivity index (χ3v) is 4.33. The molecule has 1 saturated heterocycles. The number of likely N-dealkylation sites (tertiary alicyclic amines) is 1. The van der Waals surface area contributed by atoms with Crippen LogP contribution in [0.3, 0.4) is 0 Å². The van der Waals surface area contributed by atoms with Crippen LogP contribution in [-0.2, 0) is 4.79 Å². The maximum atomic E-state index is 12.1. The van der Waals surface area contributed by atoms with Gasteiger partial charge in [0.1, 0.15) is 11.3 Å². The van der Waals surface area contributed by atoms with E-state index < -0.39 is 5.54 Å². The van der Waals surface area contributed by atoms with Crippen molar-refractivity contribution in [3.63, 3.8) is 0 Å². The van der Waals surface area contributed by atoms with E-state index in [1.165, 1.54) is 0 Å². The topological polar surface area (TPSA) is 67.6 Å². The van der Waals surface area contributed by atoms with E-state index in [0.29, 0.717) is 0 Å². The monoisotopic (exact) mass is 291 g/mol. The second kappa shape index (κ2) is 6.80. The van der Waals surface area contributed by atoms with Gasteiger partial charge in [-0.05, 0) is 56.6 Å². The first-order chi connectivity index (χ1) is 10.1. The Kier molecular flexibility index (Phi) is 5.07. The summed E-state index contributed by atoms with van der Waals surface area (Å²) in [6.45, 7) is 5.07. The van der Waals surface area contributed by atoms with Crippen LogP contribution in [0.25, 0.3) is 0 Å². The molecule has 0 spiro atoms. The highest BCUT2D eigenvalue weighted by atomic mass is 16.5. The molecule has 1 aromatic rings. The molecule has 1 heterocycles. The Hall–Kier alpha value is -1.75. The molecular formula is C16H25N3O2. The number of ether oxygens (including phenoxy) is 1. The van der Waals surface area contributed by atoms with Crippen LogP contribution in [0.4, 0.5) is 5.69 Å². The highest BCUT2D eigenvalue weighted by Crippen LogP contribution is 2.28. The number of carbonyl (C=O) groups excluding carboxylic acids is 1. The molecule has 1 aliphatic heterocycles. The normalized spacial score (nSPS) is 23.3. The third kappa shape index (κ3) is 3.67. The Bertz CT molecular complexity index is 475. The van der Waals surface area contributed by atoms with E-state index in [-0.39, 0.29) is 5.91 Å². The minimum atomic E-state index is -0.654. The van der Waals surface area contributed by atoms with Crippen LogP contribution >= 0.6 is 0 Å². The maximum Gasteiger partial charge on any atom is 0.243 e. The molecular weight excluding hydrogens is 266 g/mol. The predicted molar refractivity (Wildman–Crippen MR) is 84.5 cm³/mol. The number of methoxy groups -OCH3 is 1. The van der Waals surface area contributed by atoms with Gasteiger partial charge >= 0.3 is 0 Å². The lowest BCUT2D eigenvalue weighted by Crippen LogP contribution is -2.51. The molecule has 1 amide bonds. The fraction of sp³-hybridized carbons (Fsp3) is 0.562. The van der Waals surface area contributed by atoms with Crippen LogP contribution in [0.5, 0.6) is 5.75 Å². The SMILES string of the molecule is CCN1CCCC(Nc2ccc(OC)cc2)(C(N)=O)CC1. The summed E-state index contributed by atoms with van der Waals surface area (Å²) >= 11 is 0. The molecule has 1 atom stereocenters. The largest absolute Gasteiger partial charge is 0.497 e. The summed E-state index contributed by atoms with van der Waals surface area (Å²) in [7, 11) is 1.64. The zero-order valence-electron chi connectivity index (χ0n) is 12.9. The van der Waals surface area contributed by atoms with E-state index in [1.54, 1.807) is 7.11 Å². The number of benzene rings is 1. The molecule has 21 heavy (non-hydrogen) atoms. The zero-order chi connectivity index (χ0) is 15.3. The van der Waals surface area contributed by atoms with Gasteiger partial charge in [-0.1, -0.05) is 6.92 Å². The van der Waals surface area contributed by atoms with Crippen LogP contribution in [-0.4, -0.2) is 43.1 Å². The van der Waals surface area contributed by atoms with Gasteiger partial charge in [0.2, 0.25) is 5.91 Å². The van der Waals surface area contributed by atoms with E-state index in [9.17, 15) is 4.79 Å². The van der Waals surface area contributed by atoms with Crippen molar-refractivity contribution in [2.75, 3.05) is 32.1 Å². The van der Waals surface area contributed by atoms with E-state index in [1.807, 2.05) is 24.3 Å². The summed E-state index contributed by atoms with van der Waals surface area (Å²) in [6, 6.07) is 7.61. The zero-order valence-corrected chi connectivity index (χ0v) is 12.9. The maximum absolute atomic E-state index is 12.1. The average Bonchev–Trinajstić information content (AvgIpc) is 2.71. The Labute approximate surface area is 126 Å². The van der Waals surface area contributed by atoms with E-state index in [4.69, 9.17) is 10.5 Å². The fourth-order valence-electron chi connectivity index (χ4n) is 2.89. The van der Waals surface area contributed by atoms with E-state index in [2.05, 4.69) is 17.1 Å². The Morgan fingerprint density at radius 1 is 1.33 bits per heavy atom. The molecule has 3 N–H and O–H groups in total. The van der Waals surface area contributed by atoms with Gasteiger partial charge in [0.15, 0.2) is 0 Å². The van der Waals surface area contributed by atoms with Gasteiger partial charge in [-0.3, -0.25) is 4.79 Å². The number of rotatable bonds is 5. The van der Waals surface area contributed by atoms with Crippen molar-refractivity contribution in [3.05, 3.63) is 24.3 Å². The van der Waals surface area contributed by atoms with Gasteiger partial charge < -0.3 is 20.7 Å². The minimum absolute atomic E-state index is 0.267. The smallest absolute Gasteiger partial charge is 0.243 e. The van der Waals surface area contributed by atoms with Crippen molar-refractivity contribution in [3.8, 4) is 5.75 Å². The lowest BCUT2D eigenvalue weighted by atomic mass is 9.89. The first-order valence-corrected chi connectivity index (χ1v) is 7.54. The van der Waals surface area contributed by atoms with Crippen LogP contribution in [0.15, 0.2) is 24.3 Å². The van der Waals surface area contributed by atoms with E-state index >= 15 is 0 Å². The van der Waals surface area contributed by atoms with Gasteiger partial charge in [-0.25, -0.2) is 0 Å². The van der Waals surface area contributed by atoms with Crippen molar-refractivity contribution in [1.29, 1.82) is 0 Å². The number of hydrogen-bond donors (Lipinski definition) is 2. The van der Waals surface area contributed by atoms with Gasteiger partial charge in [0.05, 0.1) is 7.11 Å². The fourth-order valence-corrected chi connectivity index (χ4v) is 2.89. The predicted octanol–water partition coefficient (Wildman–Crippen LogP) is 1.84. The number of carbonyl (C=O) groups is 1. The van der Waals surface area contributed by atoms with Crippen LogP contribution < -0.4 is 15.8 Å². The van der Waals surface area contributed by atoms with Crippen molar-refractivity contribution >= 4 is 11.6 Å². The van der Waals surface area contributed by atoms with Gasteiger partial charge in [-0.2, -0.15) is 0 Å². The van der Waals surface area contributed by atoms with Gasteiger partial charge in [0, 0.05) is 12.2 Å². The lowest BCUT2D eigenvalue weighted by Gasteiger charge is -2.31. The minimum Gasteiger partial charge on any atom is -0.497 e. The molecule has 0 bridgehead atoms. The van der Waals surface area contributed by atoms with Crippen LogP contribution in [0, 0.1) is 0 Å². The molecule has 5 nitrogen and oxygen atoms in total. The van der Waals surface area contributed by atoms with Gasteiger partial charge in [0.25, 0.3) is 0 Å². The summed E-state index contributed by atoms with van der Waals surface area (Å²) in [5.74, 6) is 0.531.